The number of benzene rings is 2. The molecule has 7 heteroatoms. The number of ether oxygens (including phenoxy) is 1. The highest BCUT2D eigenvalue weighted by atomic mass is 16.5. The van der Waals surface area contributed by atoms with Crippen LogP contribution in [0.2, 0.25) is 0 Å². The number of H-pyrrole nitrogens is 1. The van der Waals surface area contributed by atoms with Gasteiger partial charge in [0.05, 0.1) is 5.69 Å². The Morgan fingerprint density at radius 2 is 1.64 bits per heavy atom. The molecule has 0 bridgehead atoms. The van der Waals surface area contributed by atoms with E-state index in [1.807, 2.05) is 42.5 Å². The fourth-order valence-corrected chi connectivity index (χ4v) is 3.27. The van der Waals surface area contributed by atoms with Crippen LogP contribution >= 0.6 is 0 Å². The minimum absolute atomic E-state index is 0.162. The average molecular weight is 377 g/mol. The van der Waals surface area contributed by atoms with Crippen LogP contribution in [0.25, 0.3) is 22.3 Å². The van der Waals surface area contributed by atoms with Gasteiger partial charge in [0.2, 0.25) is 0 Å². The van der Waals surface area contributed by atoms with Gasteiger partial charge in [-0.25, -0.2) is 4.79 Å². The van der Waals surface area contributed by atoms with Crippen molar-refractivity contribution in [2.75, 3.05) is 0 Å². The Bertz CT molecular complexity index is 1280. The smallest absolute Gasteiger partial charge is 0.331 e. The Balaban J connectivity index is 1.84. The number of fused-ring (bicyclic) bond motifs is 1. The lowest BCUT2D eigenvalue weighted by atomic mass is 10.1. The molecule has 0 aliphatic carbocycles. The van der Waals surface area contributed by atoms with Crippen LogP contribution in [0.5, 0.6) is 11.5 Å². The predicted molar refractivity (Wildman–Crippen MR) is 107 cm³/mol. The van der Waals surface area contributed by atoms with Crippen molar-refractivity contribution in [3.8, 4) is 22.8 Å². The van der Waals surface area contributed by atoms with E-state index in [-0.39, 0.29) is 16.8 Å². The monoisotopic (exact) mass is 377 g/mol. The van der Waals surface area contributed by atoms with Crippen LogP contribution in [0.1, 0.15) is 5.56 Å². The third kappa shape index (κ3) is 2.77. The quantitative estimate of drug-likeness (QED) is 0.572. The first-order valence-corrected chi connectivity index (χ1v) is 8.76. The number of aromatic amines is 1. The lowest BCUT2D eigenvalue weighted by Gasteiger charge is -2.11. The summed E-state index contributed by atoms with van der Waals surface area (Å²) in [6.07, 6.45) is 0. The van der Waals surface area contributed by atoms with E-state index in [1.165, 1.54) is 18.7 Å². The zero-order valence-corrected chi connectivity index (χ0v) is 15.5. The molecule has 0 fully saturated rings. The Kier molecular flexibility index (Phi) is 4.27. The highest BCUT2D eigenvalue weighted by Gasteiger charge is 2.21. The normalized spacial score (nSPS) is 11.1. The molecule has 2 aromatic heterocycles. The Morgan fingerprint density at radius 3 is 2.39 bits per heavy atom. The van der Waals surface area contributed by atoms with Crippen LogP contribution in [0.4, 0.5) is 0 Å². The minimum atomic E-state index is -0.507. The van der Waals surface area contributed by atoms with Crippen LogP contribution in [0, 0.1) is 0 Å². The van der Waals surface area contributed by atoms with Crippen LogP contribution in [-0.4, -0.2) is 19.2 Å². The van der Waals surface area contributed by atoms with E-state index in [4.69, 9.17) is 4.74 Å². The summed E-state index contributed by atoms with van der Waals surface area (Å²) in [5.41, 5.74) is 1.26. The molecule has 2 N–H and O–H groups in total. The largest absolute Gasteiger partial charge is 0.504 e. The predicted octanol–water partition coefficient (Wildman–Crippen LogP) is 2.52. The first kappa shape index (κ1) is 17.7. The van der Waals surface area contributed by atoms with E-state index < -0.39 is 11.2 Å². The Labute approximate surface area is 160 Å². The molecule has 0 amide bonds. The zero-order valence-electron chi connectivity index (χ0n) is 15.5. The van der Waals surface area contributed by atoms with Crippen molar-refractivity contribution in [1.82, 2.24) is 14.1 Å². The molecule has 0 spiro atoms. The summed E-state index contributed by atoms with van der Waals surface area (Å²) in [4.78, 5) is 27.6. The first-order valence-electron chi connectivity index (χ1n) is 8.76. The van der Waals surface area contributed by atoms with Gasteiger partial charge >= 0.3 is 5.69 Å². The van der Waals surface area contributed by atoms with Gasteiger partial charge in [0.15, 0.2) is 5.75 Å². The number of hydrogen-bond acceptors (Lipinski definition) is 4. The summed E-state index contributed by atoms with van der Waals surface area (Å²) in [6.45, 7) is 0.360. The Morgan fingerprint density at radius 1 is 0.964 bits per heavy atom. The molecule has 0 saturated carbocycles. The summed E-state index contributed by atoms with van der Waals surface area (Å²) in [5, 5.41) is 10.8. The molecule has 7 nitrogen and oxygen atoms in total. The summed E-state index contributed by atoms with van der Waals surface area (Å²) < 4.78 is 8.20. The molecule has 142 valence electrons. The maximum atomic E-state index is 12.5. The van der Waals surface area contributed by atoms with Gasteiger partial charge in [-0.2, -0.15) is 0 Å². The number of aryl methyl sites for hydroxylation is 1. The van der Waals surface area contributed by atoms with Crippen LogP contribution in [0.3, 0.4) is 0 Å². The van der Waals surface area contributed by atoms with E-state index in [1.54, 1.807) is 12.1 Å². The maximum absolute atomic E-state index is 12.5. The second kappa shape index (κ2) is 6.77. The van der Waals surface area contributed by atoms with Gasteiger partial charge in [-0.05, 0) is 17.7 Å². The van der Waals surface area contributed by atoms with Gasteiger partial charge in [-0.1, -0.05) is 42.5 Å². The SMILES string of the molecule is Cn1c(=O)c2[nH]c(-c3ccccc3OCc3ccccc3)c(O)c2n(C)c1=O. The van der Waals surface area contributed by atoms with Gasteiger partial charge in [0, 0.05) is 19.7 Å². The molecular formula is C21H19N3O4. The maximum Gasteiger partial charge on any atom is 0.331 e. The third-order valence-corrected chi connectivity index (χ3v) is 4.77. The second-order valence-corrected chi connectivity index (χ2v) is 6.55. The molecule has 0 saturated heterocycles. The molecule has 2 heterocycles. The lowest BCUT2D eigenvalue weighted by molar-refractivity contribution is 0.307. The number of aromatic nitrogens is 3. The minimum Gasteiger partial charge on any atom is -0.504 e. The van der Waals surface area contributed by atoms with E-state index in [0.717, 1.165) is 10.1 Å². The standard InChI is InChI=1S/C21H19N3O4/c1-23-18-17(20(26)24(2)21(23)27)22-16(19(18)25)14-10-6-7-11-15(14)28-12-13-8-4-3-5-9-13/h3-11,22,25H,12H2,1-2H3. The van der Waals surface area contributed by atoms with E-state index in [0.29, 0.717) is 23.6 Å². The highest BCUT2D eigenvalue weighted by Crippen LogP contribution is 2.38. The topological polar surface area (TPSA) is 89.2 Å². The number of aromatic hydroxyl groups is 1. The molecule has 4 rings (SSSR count). The van der Waals surface area contributed by atoms with Gasteiger partial charge in [0.25, 0.3) is 5.56 Å². The summed E-state index contributed by atoms with van der Waals surface area (Å²) in [6, 6.07) is 16.9. The summed E-state index contributed by atoms with van der Waals surface area (Å²) in [5.74, 6) is 0.387. The molecule has 4 aromatic rings. The number of para-hydroxylation sites is 1. The second-order valence-electron chi connectivity index (χ2n) is 6.55. The van der Waals surface area contributed by atoms with Crippen molar-refractivity contribution in [3.63, 3.8) is 0 Å². The van der Waals surface area contributed by atoms with Crippen LogP contribution in [0.15, 0.2) is 64.2 Å². The van der Waals surface area contributed by atoms with Gasteiger partial charge in [-0.15, -0.1) is 0 Å². The first-order chi connectivity index (χ1) is 13.5. The van der Waals surface area contributed by atoms with Crippen molar-refractivity contribution in [1.29, 1.82) is 0 Å². The molecule has 0 atom stereocenters. The van der Waals surface area contributed by atoms with Crippen molar-refractivity contribution in [2.45, 2.75) is 6.61 Å². The highest BCUT2D eigenvalue weighted by molar-refractivity contribution is 5.92. The van der Waals surface area contributed by atoms with Crippen molar-refractivity contribution < 1.29 is 9.84 Å². The summed E-state index contributed by atoms with van der Waals surface area (Å²) >= 11 is 0. The Hall–Kier alpha value is -3.74. The van der Waals surface area contributed by atoms with Crippen molar-refractivity contribution in [2.24, 2.45) is 14.1 Å². The molecular weight excluding hydrogens is 358 g/mol. The van der Waals surface area contributed by atoms with E-state index >= 15 is 0 Å². The van der Waals surface area contributed by atoms with Gasteiger partial charge < -0.3 is 14.8 Å². The molecule has 28 heavy (non-hydrogen) atoms. The fraction of sp³-hybridized carbons (Fsp3) is 0.143. The fourth-order valence-electron chi connectivity index (χ4n) is 3.27. The van der Waals surface area contributed by atoms with E-state index in [9.17, 15) is 14.7 Å². The average Bonchev–Trinajstić information content (AvgIpc) is 3.07. The van der Waals surface area contributed by atoms with Gasteiger partial charge in [0.1, 0.15) is 23.4 Å². The molecule has 0 radical (unpaired) electrons. The zero-order chi connectivity index (χ0) is 19.8. The molecule has 0 aliphatic rings. The van der Waals surface area contributed by atoms with Crippen molar-refractivity contribution in [3.05, 3.63) is 81.0 Å². The number of rotatable bonds is 4. The molecule has 0 unspecified atom stereocenters. The number of nitrogens with zero attached hydrogens (tertiary/aromatic N) is 2. The number of nitrogens with one attached hydrogen (secondary N) is 1. The van der Waals surface area contributed by atoms with Crippen LogP contribution < -0.4 is 16.0 Å². The molecule has 2 aromatic carbocycles. The lowest BCUT2D eigenvalue weighted by Crippen LogP contribution is -2.36. The van der Waals surface area contributed by atoms with Gasteiger partial charge in [-0.3, -0.25) is 13.9 Å². The number of hydrogen-bond donors (Lipinski definition) is 2. The summed E-state index contributed by atoms with van der Waals surface area (Å²) in [7, 11) is 2.91. The van der Waals surface area contributed by atoms with E-state index in [2.05, 4.69) is 4.98 Å². The third-order valence-electron chi connectivity index (χ3n) is 4.77. The van der Waals surface area contributed by atoms with Crippen LogP contribution in [-0.2, 0) is 20.7 Å². The van der Waals surface area contributed by atoms with Crippen molar-refractivity contribution >= 4 is 11.0 Å². The molecule has 0 aliphatic heterocycles.